The molecule has 1 N–H and O–H groups in total. The van der Waals surface area contributed by atoms with E-state index in [0.29, 0.717) is 13.0 Å². The first-order chi connectivity index (χ1) is 6.84. The summed E-state index contributed by atoms with van der Waals surface area (Å²) in [6.45, 7) is 0.561. The molecule has 3 nitrogen and oxygen atoms in total. The molecule has 0 radical (unpaired) electrons. The quantitative estimate of drug-likeness (QED) is 0.785. The van der Waals surface area contributed by atoms with Crippen molar-refractivity contribution in [2.75, 3.05) is 0 Å². The predicted octanol–water partition coefficient (Wildman–Crippen LogP) is 1.44. The van der Waals surface area contributed by atoms with E-state index in [1.807, 2.05) is 30.3 Å². The highest BCUT2D eigenvalue weighted by molar-refractivity contribution is 5.78. The van der Waals surface area contributed by atoms with E-state index in [1.54, 1.807) is 0 Å². The molecule has 74 valence electrons. The van der Waals surface area contributed by atoms with Gasteiger partial charge in [0.2, 0.25) is 5.91 Å². The van der Waals surface area contributed by atoms with Gasteiger partial charge >= 0.3 is 0 Å². The fourth-order valence-corrected chi connectivity index (χ4v) is 1.48. The monoisotopic (exact) mass is 191 g/mol. The van der Waals surface area contributed by atoms with E-state index in [-0.39, 0.29) is 12.1 Å². The lowest BCUT2D eigenvalue weighted by Gasteiger charge is -2.11. The third kappa shape index (κ3) is 2.33. The van der Waals surface area contributed by atoms with E-state index in [0.717, 1.165) is 12.0 Å². The van der Waals surface area contributed by atoms with Gasteiger partial charge in [-0.2, -0.15) is 0 Å². The van der Waals surface area contributed by atoms with E-state index in [1.165, 1.54) is 0 Å². The average Bonchev–Trinajstić information content (AvgIpc) is 2.63. The number of benzene rings is 1. The van der Waals surface area contributed by atoms with Gasteiger partial charge in [0.15, 0.2) is 0 Å². The highest BCUT2D eigenvalue weighted by Gasteiger charge is 2.20. The van der Waals surface area contributed by atoms with Gasteiger partial charge in [0, 0.05) is 12.8 Å². The first kappa shape index (κ1) is 9.21. The van der Waals surface area contributed by atoms with Crippen molar-refractivity contribution in [1.29, 1.82) is 0 Å². The molecule has 0 aromatic heterocycles. The van der Waals surface area contributed by atoms with Crippen LogP contribution < -0.4 is 5.32 Å². The normalized spacial score (nSPS) is 20.9. The Morgan fingerprint density at radius 2 is 2.14 bits per heavy atom. The highest BCUT2D eigenvalue weighted by Crippen LogP contribution is 2.10. The van der Waals surface area contributed by atoms with Crippen LogP contribution in [-0.4, -0.2) is 12.1 Å². The van der Waals surface area contributed by atoms with Gasteiger partial charge in [-0.15, -0.1) is 0 Å². The Balaban J connectivity index is 1.80. The van der Waals surface area contributed by atoms with E-state index in [9.17, 15) is 4.79 Å². The predicted molar refractivity (Wildman–Crippen MR) is 52.4 cm³/mol. The minimum atomic E-state index is -0.0947. The van der Waals surface area contributed by atoms with Gasteiger partial charge in [-0.1, -0.05) is 30.3 Å². The second kappa shape index (κ2) is 4.24. The van der Waals surface area contributed by atoms with E-state index in [2.05, 4.69) is 5.32 Å². The third-order valence-electron chi connectivity index (χ3n) is 2.25. The van der Waals surface area contributed by atoms with E-state index in [4.69, 9.17) is 4.74 Å². The maximum Gasteiger partial charge on any atom is 0.222 e. The minimum absolute atomic E-state index is 0.0862. The highest BCUT2D eigenvalue weighted by atomic mass is 16.5. The zero-order chi connectivity index (χ0) is 9.80. The van der Waals surface area contributed by atoms with Gasteiger partial charge in [-0.25, -0.2) is 0 Å². The van der Waals surface area contributed by atoms with Crippen molar-refractivity contribution in [3.05, 3.63) is 35.9 Å². The Kier molecular flexibility index (Phi) is 2.79. The van der Waals surface area contributed by atoms with Crippen LogP contribution >= 0.6 is 0 Å². The van der Waals surface area contributed by atoms with Crippen LogP contribution in [0, 0.1) is 0 Å². The second-order valence-electron chi connectivity index (χ2n) is 3.39. The summed E-state index contributed by atoms with van der Waals surface area (Å²) in [7, 11) is 0. The Hall–Kier alpha value is -1.35. The molecule has 14 heavy (non-hydrogen) atoms. The molecule has 0 bridgehead atoms. The Morgan fingerprint density at radius 3 is 2.79 bits per heavy atom. The van der Waals surface area contributed by atoms with Crippen LogP contribution in [0.4, 0.5) is 0 Å². The summed E-state index contributed by atoms with van der Waals surface area (Å²) in [6.07, 6.45) is 1.27. The molecule has 0 aliphatic carbocycles. The van der Waals surface area contributed by atoms with Gasteiger partial charge < -0.3 is 10.1 Å². The van der Waals surface area contributed by atoms with Crippen molar-refractivity contribution in [3.8, 4) is 0 Å². The van der Waals surface area contributed by atoms with Gasteiger partial charge in [-0.05, 0) is 5.56 Å². The van der Waals surface area contributed by atoms with Crippen LogP contribution in [0.25, 0.3) is 0 Å². The number of carbonyl (C=O) groups is 1. The standard InChI is InChI=1S/C11H13NO2/c13-10-6-7-11(12-10)14-8-9-4-2-1-3-5-9/h1-5,11H,6-8H2,(H,12,13). The summed E-state index contributed by atoms with van der Waals surface area (Å²) < 4.78 is 5.53. The van der Waals surface area contributed by atoms with Crippen LogP contribution in [-0.2, 0) is 16.1 Å². The number of hydrogen-bond acceptors (Lipinski definition) is 2. The molecular weight excluding hydrogens is 178 g/mol. The number of amides is 1. The van der Waals surface area contributed by atoms with E-state index < -0.39 is 0 Å². The number of rotatable bonds is 3. The fourth-order valence-electron chi connectivity index (χ4n) is 1.48. The summed E-state index contributed by atoms with van der Waals surface area (Å²) in [4.78, 5) is 10.9. The Labute approximate surface area is 83.1 Å². The molecule has 1 aromatic carbocycles. The molecule has 1 unspecified atom stereocenters. The van der Waals surface area contributed by atoms with Gasteiger partial charge in [0.25, 0.3) is 0 Å². The summed E-state index contributed by atoms with van der Waals surface area (Å²) in [6, 6.07) is 9.95. The lowest BCUT2D eigenvalue weighted by molar-refractivity contribution is -0.120. The largest absolute Gasteiger partial charge is 0.354 e. The van der Waals surface area contributed by atoms with Crippen LogP contribution in [0.5, 0.6) is 0 Å². The summed E-state index contributed by atoms with van der Waals surface area (Å²) in [5.74, 6) is 0.0862. The van der Waals surface area contributed by atoms with Crippen LogP contribution in [0.15, 0.2) is 30.3 Å². The lowest BCUT2D eigenvalue weighted by atomic mass is 10.2. The molecule has 0 saturated carbocycles. The molecule has 0 spiro atoms. The summed E-state index contributed by atoms with van der Waals surface area (Å²) in [5.41, 5.74) is 1.13. The first-order valence-corrected chi connectivity index (χ1v) is 4.79. The molecule has 1 amide bonds. The number of nitrogens with one attached hydrogen (secondary N) is 1. The molecule has 1 heterocycles. The number of carbonyl (C=O) groups excluding carboxylic acids is 1. The average molecular weight is 191 g/mol. The summed E-state index contributed by atoms with van der Waals surface area (Å²) >= 11 is 0. The smallest absolute Gasteiger partial charge is 0.222 e. The van der Waals surface area contributed by atoms with Crippen LogP contribution in [0.3, 0.4) is 0 Å². The van der Waals surface area contributed by atoms with Crippen molar-refractivity contribution < 1.29 is 9.53 Å². The second-order valence-corrected chi connectivity index (χ2v) is 3.39. The molecule has 1 aliphatic rings. The first-order valence-electron chi connectivity index (χ1n) is 4.79. The SMILES string of the molecule is O=C1CCC(OCc2ccccc2)N1. The van der Waals surface area contributed by atoms with Crippen molar-refractivity contribution >= 4 is 5.91 Å². The summed E-state index contributed by atoms with van der Waals surface area (Å²) in [5, 5.41) is 2.76. The van der Waals surface area contributed by atoms with Crippen molar-refractivity contribution in [3.63, 3.8) is 0 Å². The maximum atomic E-state index is 10.9. The number of ether oxygens (including phenoxy) is 1. The lowest BCUT2D eigenvalue weighted by Crippen LogP contribution is -2.27. The Bertz CT molecular complexity index is 310. The molecular formula is C11H13NO2. The Morgan fingerprint density at radius 1 is 1.36 bits per heavy atom. The van der Waals surface area contributed by atoms with Crippen LogP contribution in [0.1, 0.15) is 18.4 Å². The maximum absolute atomic E-state index is 10.9. The third-order valence-corrected chi connectivity index (χ3v) is 2.25. The fraction of sp³-hybridized carbons (Fsp3) is 0.364. The molecule has 2 rings (SSSR count). The van der Waals surface area contributed by atoms with Crippen molar-refractivity contribution in [2.24, 2.45) is 0 Å². The topological polar surface area (TPSA) is 38.3 Å². The van der Waals surface area contributed by atoms with Crippen molar-refractivity contribution in [1.82, 2.24) is 5.32 Å². The molecule has 1 saturated heterocycles. The zero-order valence-electron chi connectivity index (χ0n) is 7.90. The van der Waals surface area contributed by atoms with E-state index >= 15 is 0 Å². The van der Waals surface area contributed by atoms with Gasteiger partial charge in [-0.3, -0.25) is 4.79 Å². The number of hydrogen-bond donors (Lipinski definition) is 1. The van der Waals surface area contributed by atoms with Crippen LogP contribution in [0.2, 0.25) is 0 Å². The molecule has 1 aliphatic heterocycles. The molecule has 1 aromatic rings. The van der Waals surface area contributed by atoms with Gasteiger partial charge in [0.05, 0.1) is 6.61 Å². The molecule has 3 heteroatoms. The zero-order valence-corrected chi connectivity index (χ0v) is 7.90. The van der Waals surface area contributed by atoms with Gasteiger partial charge in [0.1, 0.15) is 6.23 Å². The van der Waals surface area contributed by atoms with Crippen molar-refractivity contribution in [2.45, 2.75) is 25.7 Å². The molecule has 1 atom stereocenters. The molecule has 1 fully saturated rings. The minimum Gasteiger partial charge on any atom is -0.354 e.